The number of hydrogen-bond donors (Lipinski definition) is 2. The van der Waals surface area contributed by atoms with Crippen molar-refractivity contribution in [3.63, 3.8) is 0 Å². The highest BCUT2D eigenvalue weighted by atomic mass is 19.1. The van der Waals surface area contributed by atoms with Crippen molar-refractivity contribution in [1.29, 1.82) is 0 Å². The maximum Gasteiger partial charge on any atom is 0.341 e. The molecule has 0 radical (unpaired) electrons. The van der Waals surface area contributed by atoms with Crippen LogP contribution in [0.4, 0.5) is 14.5 Å². The maximum atomic E-state index is 15.4. The fraction of sp³-hybridized carbons (Fsp3) is 0.172. The van der Waals surface area contributed by atoms with E-state index in [-0.39, 0.29) is 5.39 Å². The molecule has 2 N–H and O–H groups in total. The minimum Gasteiger partial charge on any atom is -0.477 e. The lowest BCUT2D eigenvalue weighted by atomic mass is 10.1. The Morgan fingerprint density at radius 1 is 0.947 bits per heavy atom. The first-order valence-electron chi connectivity index (χ1n) is 12.3. The summed E-state index contributed by atoms with van der Waals surface area (Å²) in [5.41, 5.74) is 2.11. The molecule has 1 aliphatic rings. The first kappa shape index (κ1) is 23.9. The predicted octanol–water partition coefficient (Wildman–Crippen LogP) is 4.77. The van der Waals surface area contributed by atoms with Crippen LogP contribution in [-0.4, -0.2) is 51.7 Å². The van der Waals surface area contributed by atoms with Crippen molar-refractivity contribution in [2.75, 3.05) is 31.1 Å². The van der Waals surface area contributed by atoms with Gasteiger partial charge in [-0.15, -0.1) is 0 Å². The van der Waals surface area contributed by atoms with Crippen LogP contribution in [0, 0.1) is 11.6 Å². The van der Waals surface area contributed by atoms with Crippen molar-refractivity contribution in [2.24, 2.45) is 0 Å². The number of piperazine rings is 1. The molecule has 1 saturated heterocycles. The summed E-state index contributed by atoms with van der Waals surface area (Å²) in [6, 6.07) is 18.4. The number of H-pyrrole nitrogens is 1. The lowest BCUT2D eigenvalue weighted by Crippen LogP contribution is -2.46. The third-order valence-corrected chi connectivity index (χ3v) is 7.10. The lowest BCUT2D eigenvalue weighted by Gasteiger charge is -2.36. The van der Waals surface area contributed by atoms with Crippen LogP contribution in [0.1, 0.15) is 16.1 Å². The molecule has 0 spiro atoms. The third kappa shape index (κ3) is 4.31. The van der Waals surface area contributed by atoms with E-state index in [2.05, 4.69) is 22.0 Å². The number of nitrogens with zero attached hydrogens (tertiary/aromatic N) is 3. The number of fused-ring (bicyclic) bond motifs is 2. The standard InChI is InChI=1S/C29H24F2N4O3/c30-19-5-7-21(8-6-19)35-17-23(29(37)38)28(36)22-14-24(31)27(15-26(22)35)34-11-9-33(10-12-34)16-20-13-18-3-1-2-4-25(18)32-20/h1-8,13-15,17,32H,9-12,16H2,(H,37,38). The molecule has 38 heavy (non-hydrogen) atoms. The minimum atomic E-state index is -1.41. The van der Waals surface area contributed by atoms with Gasteiger partial charge in [-0.25, -0.2) is 13.6 Å². The fourth-order valence-corrected chi connectivity index (χ4v) is 5.15. The molecule has 0 bridgehead atoms. The van der Waals surface area contributed by atoms with E-state index in [0.29, 0.717) is 30.0 Å². The number of carbonyl (C=O) groups is 1. The van der Waals surface area contributed by atoms with E-state index in [1.54, 1.807) is 6.07 Å². The van der Waals surface area contributed by atoms with Crippen LogP contribution < -0.4 is 10.3 Å². The Hall–Kier alpha value is -4.50. The number of rotatable bonds is 5. The average Bonchev–Trinajstić information content (AvgIpc) is 3.32. The number of para-hydroxylation sites is 1. The molecule has 9 heteroatoms. The Labute approximate surface area is 216 Å². The number of carboxylic acids is 1. The second kappa shape index (κ2) is 9.42. The van der Waals surface area contributed by atoms with Gasteiger partial charge in [-0.3, -0.25) is 9.69 Å². The van der Waals surface area contributed by atoms with Crippen LogP contribution in [0.2, 0.25) is 0 Å². The molecule has 0 saturated carbocycles. The summed E-state index contributed by atoms with van der Waals surface area (Å²) < 4.78 is 30.4. The van der Waals surface area contributed by atoms with Gasteiger partial charge in [0, 0.05) is 61.2 Å². The molecular formula is C29H24F2N4O3. The minimum absolute atomic E-state index is 0.0482. The van der Waals surface area contributed by atoms with Crippen molar-refractivity contribution in [3.05, 3.63) is 106 Å². The molecular weight excluding hydrogens is 490 g/mol. The van der Waals surface area contributed by atoms with Gasteiger partial charge in [0.2, 0.25) is 5.43 Å². The largest absolute Gasteiger partial charge is 0.477 e. The van der Waals surface area contributed by atoms with Crippen LogP contribution in [0.3, 0.4) is 0 Å². The molecule has 0 atom stereocenters. The Morgan fingerprint density at radius 2 is 1.68 bits per heavy atom. The van der Waals surface area contributed by atoms with E-state index < -0.39 is 28.6 Å². The number of hydrogen-bond acceptors (Lipinski definition) is 4. The zero-order valence-corrected chi connectivity index (χ0v) is 20.3. The second-order valence-electron chi connectivity index (χ2n) is 9.49. The van der Waals surface area contributed by atoms with Crippen LogP contribution in [-0.2, 0) is 6.54 Å². The summed E-state index contributed by atoms with van der Waals surface area (Å²) in [5, 5.41) is 10.7. The molecule has 1 fully saturated rings. The van der Waals surface area contributed by atoms with E-state index in [0.717, 1.165) is 42.3 Å². The molecule has 2 aromatic heterocycles. The van der Waals surface area contributed by atoms with Gasteiger partial charge in [0.15, 0.2) is 0 Å². The Balaban J connectivity index is 1.31. The molecule has 0 amide bonds. The summed E-state index contributed by atoms with van der Waals surface area (Å²) in [7, 11) is 0. The number of halogens is 2. The Bertz CT molecular complexity index is 1700. The summed E-state index contributed by atoms with van der Waals surface area (Å²) in [4.78, 5) is 32.3. The van der Waals surface area contributed by atoms with Gasteiger partial charge < -0.3 is 19.6 Å². The first-order chi connectivity index (χ1) is 18.4. The van der Waals surface area contributed by atoms with Crippen molar-refractivity contribution in [3.8, 4) is 5.69 Å². The lowest BCUT2D eigenvalue weighted by molar-refractivity contribution is 0.0695. The molecule has 5 aromatic rings. The quantitative estimate of drug-likeness (QED) is 0.353. The van der Waals surface area contributed by atoms with Gasteiger partial charge in [-0.1, -0.05) is 18.2 Å². The van der Waals surface area contributed by atoms with Crippen LogP contribution in [0.25, 0.3) is 27.5 Å². The molecule has 3 aromatic carbocycles. The summed E-state index contributed by atoms with van der Waals surface area (Å²) in [5.74, 6) is -2.45. The van der Waals surface area contributed by atoms with E-state index in [9.17, 15) is 19.1 Å². The smallest absolute Gasteiger partial charge is 0.341 e. The summed E-state index contributed by atoms with van der Waals surface area (Å²) >= 11 is 0. The fourth-order valence-electron chi connectivity index (χ4n) is 5.15. The highest BCUT2D eigenvalue weighted by Gasteiger charge is 2.23. The van der Waals surface area contributed by atoms with Crippen LogP contribution in [0.5, 0.6) is 0 Å². The molecule has 0 aliphatic carbocycles. The van der Waals surface area contributed by atoms with Gasteiger partial charge in [0.25, 0.3) is 0 Å². The summed E-state index contributed by atoms with van der Waals surface area (Å²) in [6.07, 6.45) is 1.21. The predicted molar refractivity (Wildman–Crippen MR) is 142 cm³/mol. The Morgan fingerprint density at radius 3 is 2.39 bits per heavy atom. The van der Waals surface area contributed by atoms with Gasteiger partial charge in [0.1, 0.15) is 17.2 Å². The number of pyridine rings is 1. The number of aromatic carboxylic acids is 1. The SMILES string of the molecule is O=C(O)c1cn(-c2ccc(F)cc2)c2cc(N3CCN(Cc4cc5ccccc5[nH]4)CC3)c(F)cc2c1=O. The van der Waals surface area contributed by atoms with Crippen molar-refractivity contribution < 1.29 is 18.7 Å². The highest BCUT2D eigenvalue weighted by Crippen LogP contribution is 2.28. The molecule has 1 aliphatic heterocycles. The third-order valence-electron chi connectivity index (χ3n) is 7.10. The van der Waals surface area contributed by atoms with Crippen LogP contribution in [0.15, 0.2) is 77.7 Å². The van der Waals surface area contributed by atoms with E-state index >= 15 is 4.39 Å². The zero-order chi connectivity index (χ0) is 26.4. The molecule has 7 nitrogen and oxygen atoms in total. The number of anilines is 1. The van der Waals surface area contributed by atoms with E-state index in [1.165, 1.54) is 35.0 Å². The number of nitrogens with one attached hydrogen (secondary N) is 1. The maximum absolute atomic E-state index is 15.4. The molecule has 192 valence electrons. The first-order valence-corrected chi connectivity index (χ1v) is 12.3. The Kier molecular flexibility index (Phi) is 5.92. The molecule has 6 rings (SSSR count). The van der Waals surface area contributed by atoms with Crippen molar-refractivity contribution in [2.45, 2.75) is 6.54 Å². The normalized spacial score (nSPS) is 14.4. The zero-order valence-electron chi connectivity index (χ0n) is 20.3. The van der Waals surface area contributed by atoms with Crippen molar-refractivity contribution in [1.82, 2.24) is 14.5 Å². The summed E-state index contributed by atoms with van der Waals surface area (Å²) in [6.45, 7) is 3.35. The van der Waals surface area contributed by atoms with Gasteiger partial charge in [-0.2, -0.15) is 0 Å². The number of carboxylic acid groups (broad SMARTS) is 1. The highest BCUT2D eigenvalue weighted by molar-refractivity contribution is 5.94. The molecule has 0 unspecified atom stereocenters. The average molecular weight is 515 g/mol. The van der Waals surface area contributed by atoms with E-state index in [4.69, 9.17) is 0 Å². The van der Waals surface area contributed by atoms with Crippen molar-refractivity contribution >= 4 is 33.5 Å². The van der Waals surface area contributed by atoms with Gasteiger partial charge >= 0.3 is 5.97 Å². The van der Waals surface area contributed by atoms with Crippen LogP contribution >= 0.6 is 0 Å². The van der Waals surface area contributed by atoms with Gasteiger partial charge in [-0.05, 0) is 53.9 Å². The topological polar surface area (TPSA) is 81.6 Å². The van der Waals surface area contributed by atoms with E-state index in [1.807, 2.05) is 23.1 Å². The number of aromatic nitrogens is 2. The number of aromatic amines is 1. The van der Waals surface area contributed by atoms with Gasteiger partial charge in [0.05, 0.1) is 11.2 Å². The molecule has 3 heterocycles. The monoisotopic (exact) mass is 514 g/mol. The second-order valence-corrected chi connectivity index (χ2v) is 9.49. The number of benzene rings is 3.